The molecule has 0 saturated heterocycles. The Labute approximate surface area is 146 Å². The molecule has 2 aromatic heterocycles. The van der Waals surface area contributed by atoms with E-state index < -0.39 is 0 Å². The zero-order chi connectivity index (χ0) is 17.1. The molecule has 5 heteroatoms. The van der Waals surface area contributed by atoms with Gasteiger partial charge in [-0.15, -0.1) is 0 Å². The number of fused-ring (bicyclic) bond motifs is 1. The van der Waals surface area contributed by atoms with Gasteiger partial charge in [-0.3, -0.25) is 4.98 Å². The number of amides is 2. The Morgan fingerprint density at radius 1 is 1.08 bits per heavy atom. The van der Waals surface area contributed by atoms with Crippen LogP contribution in [0.1, 0.15) is 22.9 Å². The molecule has 25 heavy (non-hydrogen) atoms. The second-order valence-corrected chi connectivity index (χ2v) is 6.15. The lowest BCUT2D eigenvalue weighted by molar-refractivity contribution is 0.168. The molecule has 0 radical (unpaired) electrons. The van der Waals surface area contributed by atoms with Gasteiger partial charge in [0.2, 0.25) is 0 Å². The third-order valence-electron chi connectivity index (χ3n) is 4.59. The summed E-state index contributed by atoms with van der Waals surface area (Å²) < 4.78 is 2.21. The van der Waals surface area contributed by atoms with Crippen molar-refractivity contribution in [2.75, 3.05) is 6.54 Å². The molecule has 5 nitrogen and oxygen atoms in total. The minimum Gasteiger partial charge on any atom is -0.348 e. The average Bonchev–Trinajstić information content (AvgIpc) is 3.15. The molecule has 0 unspecified atom stereocenters. The fourth-order valence-electron chi connectivity index (χ4n) is 3.37. The number of hydrogen-bond donors (Lipinski definition) is 1. The van der Waals surface area contributed by atoms with Crippen LogP contribution in [0.2, 0.25) is 0 Å². The molecular formula is C20H20N4O. The lowest BCUT2D eigenvalue weighted by Crippen LogP contribution is -2.47. The summed E-state index contributed by atoms with van der Waals surface area (Å²) in [5.74, 6) is 0. The molecule has 3 heterocycles. The smallest absolute Gasteiger partial charge is 0.318 e. The number of nitrogens with zero attached hydrogens (tertiary/aromatic N) is 3. The van der Waals surface area contributed by atoms with Crippen LogP contribution in [0.4, 0.5) is 4.79 Å². The van der Waals surface area contributed by atoms with Crippen LogP contribution in [0.15, 0.2) is 73.2 Å². The highest BCUT2D eigenvalue weighted by Crippen LogP contribution is 2.31. The van der Waals surface area contributed by atoms with Crippen LogP contribution in [0.25, 0.3) is 0 Å². The van der Waals surface area contributed by atoms with Crippen molar-refractivity contribution in [3.8, 4) is 0 Å². The lowest BCUT2D eigenvalue weighted by Gasteiger charge is -2.37. The van der Waals surface area contributed by atoms with Gasteiger partial charge in [-0.25, -0.2) is 4.79 Å². The molecule has 3 aromatic rings. The van der Waals surface area contributed by atoms with Crippen LogP contribution in [0.5, 0.6) is 0 Å². The molecule has 1 aliphatic heterocycles. The molecule has 0 saturated carbocycles. The van der Waals surface area contributed by atoms with E-state index in [1.807, 2.05) is 59.6 Å². The van der Waals surface area contributed by atoms with Gasteiger partial charge >= 0.3 is 6.03 Å². The number of carbonyl (C=O) groups is 1. The Bertz CT molecular complexity index is 844. The number of rotatable bonds is 3. The summed E-state index contributed by atoms with van der Waals surface area (Å²) in [5, 5.41) is 3.05. The Balaban J connectivity index is 1.58. The van der Waals surface area contributed by atoms with E-state index in [0.29, 0.717) is 13.1 Å². The third-order valence-corrected chi connectivity index (χ3v) is 4.59. The molecule has 1 aromatic carbocycles. The van der Waals surface area contributed by atoms with E-state index >= 15 is 0 Å². The van der Waals surface area contributed by atoms with E-state index in [2.05, 4.69) is 27.1 Å². The van der Waals surface area contributed by atoms with Crippen molar-refractivity contribution in [1.29, 1.82) is 0 Å². The van der Waals surface area contributed by atoms with E-state index in [9.17, 15) is 4.79 Å². The van der Waals surface area contributed by atoms with Gasteiger partial charge in [0.1, 0.15) is 6.04 Å². The number of nitrogens with one attached hydrogen (secondary N) is 1. The van der Waals surface area contributed by atoms with Crippen molar-refractivity contribution in [3.63, 3.8) is 0 Å². The normalized spacial score (nSPS) is 16.3. The highest BCUT2D eigenvalue weighted by atomic mass is 16.2. The van der Waals surface area contributed by atoms with Crippen LogP contribution in [0.3, 0.4) is 0 Å². The summed E-state index contributed by atoms with van der Waals surface area (Å²) >= 11 is 0. The quantitative estimate of drug-likeness (QED) is 0.801. The predicted molar refractivity (Wildman–Crippen MR) is 95.9 cm³/mol. The van der Waals surface area contributed by atoms with Crippen molar-refractivity contribution in [2.45, 2.75) is 19.1 Å². The van der Waals surface area contributed by atoms with Gasteiger partial charge in [0.05, 0.1) is 0 Å². The summed E-state index contributed by atoms with van der Waals surface area (Å²) in [6.45, 7) is 2.00. The Kier molecular flexibility index (Phi) is 4.21. The fraction of sp³-hybridized carbons (Fsp3) is 0.200. The van der Waals surface area contributed by atoms with Crippen molar-refractivity contribution >= 4 is 6.03 Å². The van der Waals surface area contributed by atoms with Gasteiger partial charge in [-0.05, 0) is 29.3 Å². The van der Waals surface area contributed by atoms with Gasteiger partial charge in [0, 0.05) is 43.9 Å². The SMILES string of the molecule is O=C(NCc1ccccc1)N1CCn2cccc2[C@@H]1c1cccnc1. The highest BCUT2D eigenvalue weighted by molar-refractivity contribution is 5.75. The first-order chi connectivity index (χ1) is 12.3. The standard InChI is InChI=1S/C20H20N4O/c25-20(22-14-16-6-2-1-3-7-16)24-13-12-23-11-5-9-18(23)19(24)17-8-4-10-21-15-17/h1-11,15,19H,12-14H2,(H,22,25)/t19-/m0/s1. The summed E-state index contributed by atoms with van der Waals surface area (Å²) in [6, 6.07) is 17.8. The van der Waals surface area contributed by atoms with Gasteiger partial charge < -0.3 is 14.8 Å². The van der Waals surface area contributed by atoms with E-state index in [1.165, 1.54) is 0 Å². The number of pyridine rings is 1. The Morgan fingerprint density at radius 2 is 1.96 bits per heavy atom. The number of benzene rings is 1. The van der Waals surface area contributed by atoms with E-state index in [-0.39, 0.29) is 12.1 Å². The monoisotopic (exact) mass is 332 g/mol. The molecule has 2 amide bonds. The molecule has 0 bridgehead atoms. The zero-order valence-corrected chi connectivity index (χ0v) is 13.9. The average molecular weight is 332 g/mol. The van der Waals surface area contributed by atoms with Crippen LogP contribution >= 0.6 is 0 Å². The number of carbonyl (C=O) groups excluding carboxylic acids is 1. The van der Waals surface area contributed by atoms with Gasteiger partial charge in [0.15, 0.2) is 0 Å². The maximum Gasteiger partial charge on any atom is 0.318 e. The van der Waals surface area contributed by atoms with Gasteiger partial charge in [-0.1, -0.05) is 36.4 Å². The number of aromatic nitrogens is 2. The highest BCUT2D eigenvalue weighted by Gasteiger charge is 2.32. The molecule has 0 aliphatic carbocycles. The van der Waals surface area contributed by atoms with Crippen LogP contribution in [-0.2, 0) is 13.1 Å². The van der Waals surface area contributed by atoms with Crippen LogP contribution in [0, 0.1) is 0 Å². The first kappa shape index (κ1) is 15.4. The topological polar surface area (TPSA) is 50.2 Å². The van der Waals surface area contributed by atoms with Gasteiger partial charge in [0.25, 0.3) is 0 Å². The van der Waals surface area contributed by atoms with E-state index in [1.54, 1.807) is 6.20 Å². The molecule has 1 N–H and O–H groups in total. The molecule has 0 spiro atoms. The number of urea groups is 1. The largest absolute Gasteiger partial charge is 0.348 e. The van der Waals surface area contributed by atoms with E-state index in [4.69, 9.17) is 0 Å². The van der Waals surface area contributed by atoms with Crippen molar-refractivity contribution in [3.05, 3.63) is 90.0 Å². The molecule has 1 aliphatic rings. The minimum absolute atomic E-state index is 0.0508. The summed E-state index contributed by atoms with van der Waals surface area (Å²) in [5.41, 5.74) is 3.24. The fourth-order valence-corrected chi connectivity index (χ4v) is 3.37. The lowest BCUT2D eigenvalue weighted by atomic mass is 10.0. The maximum atomic E-state index is 12.9. The van der Waals surface area contributed by atoms with Crippen molar-refractivity contribution in [2.24, 2.45) is 0 Å². The maximum absolute atomic E-state index is 12.9. The second kappa shape index (κ2) is 6.81. The van der Waals surface area contributed by atoms with Crippen LogP contribution in [-0.4, -0.2) is 27.0 Å². The third kappa shape index (κ3) is 3.13. The molecule has 4 rings (SSSR count). The predicted octanol–water partition coefficient (Wildman–Crippen LogP) is 3.20. The first-order valence-corrected chi connectivity index (χ1v) is 8.46. The molecule has 126 valence electrons. The minimum atomic E-state index is -0.117. The van der Waals surface area contributed by atoms with Gasteiger partial charge in [-0.2, -0.15) is 0 Å². The summed E-state index contributed by atoms with van der Waals surface area (Å²) in [6.07, 6.45) is 5.66. The summed E-state index contributed by atoms with van der Waals surface area (Å²) in [4.78, 5) is 19.0. The van der Waals surface area contributed by atoms with Crippen LogP contribution < -0.4 is 5.32 Å². The number of hydrogen-bond acceptors (Lipinski definition) is 2. The first-order valence-electron chi connectivity index (χ1n) is 8.46. The molecular weight excluding hydrogens is 312 g/mol. The Hall–Kier alpha value is -3.08. The van der Waals surface area contributed by atoms with E-state index in [0.717, 1.165) is 23.4 Å². The van der Waals surface area contributed by atoms with Crippen molar-refractivity contribution < 1.29 is 4.79 Å². The summed E-state index contributed by atoms with van der Waals surface area (Å²) in [7, 11) is 0. The van der Waals surface area contributed by atoms with Crippen molar-refractivity contribution in [1.82, 2.24) is 19.8 Å². The molecule has 1 atom stereocenters. The second-order valence-electron chi connectivity index (χ2n) is 6.15. The molecule has 0 fully saturated rings. The zero-order valence-electron chi connectivity index (χ0n) is 13.9. The Morgan fingerprint density at radius 3 is 2.76 bits per heavy atom.